The fourth-order valence-corrected chi connectivity index (χ4v) is 1.72. The SMILES string of the molecule is CS(=O)(=O)N1CC(N=[N+]=[N-])C1. The molecule has 0 aromatic rings. The minimum atomic E-state index is -3.07. The highest BCUT2D eigenvalue weighted by atomic mass is 32.2. The molecule has 0 aromatic carbocycles. The third-order valence-corrected chi connectivity index (χ3v) is 2.75. The van der Waals surface area contributed by atoms with Gasteiger partial charge >= 0.3 is 0 Å². The molecule has 7 heteroatoms. The summed E-state index contributed by atoms with van der Waals surface area (Å²) in [6.07, 6.45) is 1.14. The van der Waals surface area contributed by atoms with Crippen molar-refractivity contribution in [3.63, 3.8) is 0 Å². The van der Waals surface area contributed by atoms with Crippen LogP contribution in [0.1, 0.15) is 0 Å². The summed E-state index contributed by atoms with van der Waals surface area (Å²) < 4.78 is 22.8. The number of azide groups is 1. The van der Waals surface area contributed by atoms with E-state index in [0.29, 0.717) is 13.1 Å². The van der Waals surface area contributed by atoms with Gasteiger partial charge in [0.25, 0.3) is 0 Å². The van der Waals surface area contributed by atoms with Gasteiger partial charge in [0.05, 0.1) is 12.3 Å². The van der Waals surface area contributed by atoms with Crippen molar-refractivity contribution in [2.75, 3.05) is 19.3 Å². The van der Waals surface area contributed by atoms with Crippen molar-refractivity contribution in [2.45, 2.75) is 6.04 Å². The van der Waals surface area contributed by atoms with Crippen molar-refractivity contribution < 1.29 is 8.42 Å². The van der Waals surface area contributed by atoms with Gasteiger partial charge in [-0.2, -0.15) is 0 Å². The molecule has 1 saturated heterocycles. The smallest absolute Gasteiger partial charge is 0.211 e. The fraction of sp³-hybridized carbons (Fsp3) is 1.00. The van der Waals surface area contributed by atoms with E-state index >= 15 is 0 Å². The maximum atomic E-state index is 10.8. The monoisotopic (exact) mass is 176 g/mol. The second-order valence-electron chi connectivity index (χ2n) is 2.44. The van der Waals surface area contributed by atoms with E-state index in [1.807, 2.05) is 0 Å². The van der Waals surface area contributed by atoms with Crippen LogP contribution < -0.4 is 0 Å². The summed E-state index contributed by atoms with van der Waals surface area (Å²) in [5.41, 5.74) is 7.98. The molecule has 0 amide bonds. The molecule has 0 unspecified atom stereocenters. The van der Waals surface area contributed by atoms with Gasteiger partial charge in [0.1, 0.15) is 0 Å². The maximum absolute atomic E-state index is 10.8. The standard InChI is InChI=1S/C4H8N4O2S/c1-11(9,10)8-2-4(3-8)6-7-5/h4H,2-3H2,1H3. The third-order valence-electron chi connectivity index (χ3n) is 1.51. The summed E-state index contributed by atoms with van der Waals surface area (Å²) in [6.45, 7) is 0.645. The molecule has 11 heavy (non-hydrogen) atoms. The van der Waals surface area contributed by atoms with Crippen LogP contribution in [0.5, 0.6) is 0 Å². The minimum absolute atomic E-state index is 0.172. The Kier molecular flexibility index (Phi) is 2.03. The zero-order valence-corrected chi connectivity index (χ0v) is 6.82. The van der Waals surface area contributed by atoms with E-state index in [4.69, 9.17) is 5.53 Å². The van der Waals surface area contributed by atoms with Crippen LogP contribution in [0.4, 0.5) is 0 Å². The fourth-order valence-electron chi connectivity index (χ4n) is 0.833. The van der Waals surface area contributed by atoms with Gasteiger partial charge < -0.3 is 0 Å². The lowest BCUT2D eigenvalue weighted by atomic mass is 10.2. The van der Waals surface area contributed by atoms with Crippen LogP contribution in [0.3, 0.4) is 0 Å². The molecule has 1 fully saturated rings. The van der Waals surface area contributed by atoms with Gasteiger partial charge in [-0.3, -0.25) is 0 Å². The summed E-state index contributed by atoms with van der Waals surface area (Å²) >= 11 is 0. The number of nitrogens with zero attached hydrogens (tertiary/aromatic N) is 4. The molecular weight excluding hydrogens is 168 g/mol. The van der Waals surface area contributed by atoms with Crippen LogP contribution in [0.2, 0.25) is 0 Å². The van der Waals surface area contributed by atoms with Crippen molar-refractivity contribution in [1.29, 1.82) is 0 Å². The molecule has 6 nitrogen and oxygen atoms in total. The highest BCUT2D eigenvalue weighted by Crippen LogP contribution is 2.14. The topological polar surface area (TPSA) is 86.1 Å². The molecule has 0 spiro atoms. The van der Waals surface area contributed by atoms with Crippen LogP contribution in [0, 0.1) is 0 Å². The molecule has 0 saturated carbocycles. The highest BCUT2D eigenvalue weighted by Gasteiger charge is 2.31. The first-order chi connectivity index (χ1) is 5.04. The predicted octanol–water partition coefficient (Wildman–Crippen LogP) is -0.0595. The number of hydrogen-bond acceptors (Lipinski definition) is 3. The molecule has 1 aliphatic heterocycles. The molecule has 0 aromatic heterocycles. The lowest BCUT2D eigenvalue weighted by molar-refractivity contribution is 0.267. The van der Waals surface area contributed by atoms with Gasteiger partial charge in [0.15, 0.2) is 0 Å². The first kappa shape index (κ1) is 8.32. The van der Waals surface area contributed by atoms with Gasteiger partial charge in [-0.05, 0) is 5.53 Å². The van der Waals surface area contributed by atoms with Gasteiger partial charge in [-0.15, -0.1) is 0 Å². The van der Waals surface area contributed by atoms with Gasteiger partial charge in [-0.1, -0.05) is 5.11 Å². The molecular formula is C4H8N4O2S. The zero-order valence-electron chi connectivity index (χ0n) is 6.01. The summed E-state index contributed by atoms with van der Waals surface area (Å²) in [5.74, 6) is 0. The van der Waals surface area contributed by atoms with Crippen LogP contribution >= 0.6 is 0 Å². The molecule has 0 aliphatic carbocycles. The van der Waals surface area contributed by atoms with E-state index in [1.54, 1.807) is 0 Å². The summed E-state index contributed by atoms with van der Waals surface area (Å²) in [5, 5.41) is 3.37. The minimum Gasteiger partial charge on any atom is -0.213 e. The average Bonchev–Trinajstić information content (AvgIpc) is 1.74. The van der Waals surface area contributed by atoms with Crippen LogP contribution in [-0.2, 0) is 10.0 Å². The van der Waals surface area contributed by atoms with Crippen LogP contribution in [0.25, 0.3) is 10.4 Å². The van der Waals surface area contributed by atoms with E-state index in [-0.39, 0.29) is 6.04 Å². The Morgan fingerprint density at radius 3 is 2.55 bits per heavy atom. The Balaban J connectivity index is 2.48. The Morgan fingerprint density at radius 1 is 1.64 bits per heavy atom. The van der Waals surface area contributed by atoms with Crippen molar-refractivity contribution in [1.82, 2.24) is 4.31 Å². The summed E-state index contributed by atoms with van der Waals surface area (Å²) in [4.78, 5) is 2.58. The van der Waals surface area contributed by atoms with Crippen molar-refractivity contribution in [2.24, 2.45) is 5.11 Å². The normalized spacial score (nSPS) is 20.5. The molecule has 1 aliphatic rings. The van der Waals surface area contributed by atoms with Gasteiger partial charge in [0, 0.05) is 18.0 Å². The molecule has 0 atom stereocenters. The molecule has 0 radical (unpaired) electrons. The van der Waals surface area contributed by atoms with E-state index in [1.165, 1.54) is 4.31 Å². The summed E-state index contributed by atoms with van der Waals surface area (Å²) in [6, 6.07) is -0.172. The van der Waals surface area contributed by atoms with Gasteiger partial charge in [-0.25, -0.2) is 12.7 Å². The van der Waals surface area contributed by atoms with Crippen molar-refractivity contribution in [3.8, 4) is 0 Å². The second kappa shape index (κ2) is 2.69. The van der Waals surface area contributed by atoms with E-state index in [2.05, 4.69) is 10.0 Å². The molecule has 0 N–H and O–H groups in total. The average molecular weight is 176 g/mol. The van der Waals surface area contributed by atoms with Crippen LogP contribution in [-0.4, -0.2) is 38.1 Å². The first-order valence-electron chi connectivity index (χ1n) is 3.03. The van der Waals surface area contributed by atoms with E-state index < -0.39 is 10.0 Å². The first-order valence-corrected chi connectivity index (χ1v) is 4.88. The van der Waals surface area contributed by atoms with E-state index in [0.717, 1.165) is 6.26 Å². The third kappa shape index (κ3) is 1.83. The van der Waals surface area contributed by atoms with Crippen LogP contribution in [0.15, 0.2) is 5.11 Å². The van der Waals surface area contributed by atoms with Crippen molar-refractivity contribution >= 4 is 10.0 Å². The van der Waals surface area contributed by atoms with Gasteiger partial charge in [0.2, 0.25) is 10.0 Å². The maximum Gasteiger partial charge on any atom is 0.211 e. The summed E-state index contributed by atoms with van der Waals surface area (Å²) in [7, 11) is -3.07. The Bertz CT molecular complexity index is 285. The lowest BCUT2D eigenvalue weighted by Crippen LogP contribution is -2.51. The molecule has 1 rings (SSSR count). The largest absolute Gasteiger partial charge is 0.213 e. The number of hydrogen-bond donors (Lipinski definition) is 0. The van der Waals surface area contributed by atoms with Crippen molar-refractivity contribution in [3.05, 3.63) is 10.4 Å². The number of sulfonamides is 1. The molecule has 62 valence electrons. The lowest BCUT2D eigenvalue weighted by Gasteiger charge is -2.33. The quantitative estimate of drug-likeness (QED) is 0.335. The Hall–Kier alpha value is -0.780. The second-order valence-corrected chi connectivity index (χ2v) is 4.42. The Labute approximate surface area is 64.5 Å². The predicted molar refractivity (Wildman–Crippen MR) is 39.4 cm³/mol. The molecule has 1 heterocycles. The zero-order chi connectivity index (χ0) is 8.48. The molecule has 0 bridgehead atoms. The van der Waals surface area contributed by atoms with E-state index in [9.17, 15) is 8.42 Å². The highest BCUT2D eigenvalue weighted by molar-refractivity contribution is 7.88. The Morgan fingerprint density at radius 2 is 2.18 bits per heavy atom. The number of rotatable bonds is 2.